The molecule has 0 aliphatic carbocycles. The summed E-state index contributed by atoms with van der Waals surface area (Å²) in [5.74, 6) is -2.16. The van der Waals surface area contributed by atoms with Gasteiger partial charge in [-0.3, -0.25) is 0 Å². The van der Waals surface area contributed by atoms with Gasteiger partial charge in [0.2, 0.25) is 6.10 Å². The van der Waals surface area contributed by atoms with Crippen LogP contribution in [-0.2, 0) is 9.53 Å². The molecule has 0 saturated heterocycles. The third kappa shape index (κ3) is 2.86. The van der Waals surface area contributed by atoms with Crippen LogP contribution in [0.1, 0.15) is 18.1 Å². The number of hydrogen-bond acceptors (Lipinski definition) is 3. The summed E-state index contributed by atoms with van der Waals surface area (Å²) in [5, 5.41) is 0. The van der Waals surface area contributed by atoms with Crippen LogP contribution >= 0.6 is 0 Å². The van der Waals surface area contributed by atoms with Crippen molar-refractivity contribution in [2.45, 2.75) is 26.1 Å². The van der Waals surface area contributed by atoms with Crippen molar-refractivity contribution < 1.29 is 31.8 Å². The first kappa shape index (κ1) is 15.3. The fourth-order valence-corrected chi connectivity index (χ4v) is 1.97. The van der Waals surface area contributed by atoms with Crippen molar-refractivity contribution in [3.05, 3.63) is 34.6 Å². The van der Waals surface area contributed by atoms with E-state index in [0.717, 1.165) is 6.08 Å². The molecule has 0 bridgehead atoms. The molecule has 0 spiro atoms. The lowest BCUT2D eigenvalue weighted by Crippen LogP contribution is -2.41. The zero-order chi connectivity index (χ0) is 15.8. The number of benzene rings is 1. The second-order valence-corrected chi connectivity index (χ2v) is 4.47. The lowest BCUT2D eigenvalue weighted by Gasteiger charge is -2.28. The highest BCUT2D eigenvalue weighted by molar-refractivity contribution is 5.96. The Labute approximate surface area is 118 Å². The first-order chi connectivity index (χ1) is 9.75. The predicted molar refractivity (Wildman–Crippen MR) is 66.2 cm³/mol. The Bertz CT molecular complexity index is 605. The van der Waals surface area contributed by atoms with Crippen LogP contribution in [0.5, 0.6) is 5.75 Å². The Balaban J connectivity index is 2.56. The summed E-state index contributed by atoms with van der Waals surface area (Å²) in [6.45, 7) is 2.83. The van der Waals surface area contributed by atoms with Crippen LogP contribution in [0.3, 0.4) is 0 Å². The minimum Gasteiger partial charge on any atom is -0.475 e. The van der Waals surface area contributed by atoms with E-state index in [-0.39, 0.29) is 23.5 Å². The highest BCUT2D eigenvalue weighted by atomic mass is 19.4. The number of aryl methyl sites for hydroxylation is 1. The first-order valence-corrected chi connectivity index (χ1v) is 6.17. The molecule has 1 heterocycles. The minimum absolute atomic E-state index is 0.0933. The Morgan fingerprint density at radius 1 is 1.38 bits per heavy atom. The van der Waals surface area contributed by atoms with Crippen molar-refractivity contribution in [3.8, 4) is 5.75 Å². The number of rotatable bonds is 2. The fraction of sp³-hybridized carbons (Fsp3) is 0.357. The highest BCUT2D eigenvalue weighted by Gasteiger charge is 2.49. The van der Waals surface area contributed by atoms with Gasteiger partial charge in [-0.05, 0) is 31.6 Å². The van der Waals surface area contributed by atoms with Crippen molar-refractivity contribution in [3.63, 3.8) is 0 Å². The maximum atomic E-state index is 14.0. The van der Waals surface area contributed by atoms with Crippen LogP contribution < -0.4 is 4.74 Å². The Kier molecular flexibility index (Phi) is 3.93. The van der Waals surface area contributed by atoms with Crippen molar-refractivity contribution in [2.24, 2.45) is 0 Å². The fourth-order valence-electron chi connectivity index (χ4n) is 1.97. The van der Waals surface area contributed by atoms with Gasteiger partial charge in [0.05, 0.1) is 17.7 Å². The Morgan fingerprint density at radius 2 is 2.05 bits per heavy atom. The van der Waals surface area contributed by atoms with Gasteiger partial charge in [-0.2, -0.15) is 13.2 Å². The molecule has 1 unspecified atom stereocenters. The van der Waals surface area contributed by atoms with Crippen molar-refractivity contribution in [1.29, 1.82) is 0 Å². The Morgan fingerprint density at radius 3 is 2.62 bits per heavy atom. The maximum absolute atomic E-state index is 14.0. The molecule has 7 heteroatoms. The molecule has 114 valence electrons. The summed E-state index contributed by atoms with van der Waals surface area (Å²) < 4.78 is 62.3. The van der Waals surface area contributed by atoms with Gasteiger partial charge in [0.15, 0.2) is 0 Å². The number of fused-ring (bicyclic) bond motifs is 1. The zero-order valence-electron chi connectivity index (χ0n) is 11.3. The summed E-state index contributed by atoms with van der Waals surface area (Å²) in [6, 6.07) is 2.55. The molecule has 1 aliphatic rings. The molecule has 1 aromatic rings. The average Bonchev–Trinajstić information content (AvgIpc) is 2.41. The van der Waals surface area contributed by atoms with Crippen LogP contribution in [0.15, 0.2) is 17.7 Å². The molecule has 1 aliphatic heterocycles. The molecule has 0 radical (unpaired) electrons. The van der Waals surface area contributed by atoms with Crippen LogP contribution in [0.4, 0.5) is 17.6 Å². The normalized spacial score (nSPS) is 17.6. The third-order valence-corrected chi connectivity index (χ3v) is 2.97. The van der Waals surface area contributed by atoms with E-state index in [1.54, 1.807) is 0 Å². The van der Waals surface area contributed by atoms with Gasteiger partial charge in [-0.15, -0.1) is 0 Å². The molecule has 1 atom stereocenters. The van der Waals surface area contributed by atoms with Gasteiger partial charge in [0.25, 0.3) is 0 Å². The molecule has 0 amide bonds. The van der Waals surface area contributed by atoms with E-state index in [9.17, 15) is 22.4 Å². The van der Waals surface area contributed by atoms with Crippen LogP contribution in [-0.4, -0.2) is 24.9 Å². The molecule has 1 aromatic carbocycles. The maximum Gasteiger partial charge on any atom is 0.430 e. The summed E-state index contributed by atoms with van der Waals surface area (Å²) in [5.41, 5.74) is -0.706. The van der Waals surface area contributed by atoms with E-state index in [1.807, 2.05) is 0 Å². The summed E-state index contributed by atoms with van der Waals surface area (Å²) in [6.07, 6.45) is -6.43. The molecule has 0 N–H and O–H groups in total. The second-order valence-electron chi connectivity index (χ2n) is 4.47. The van der Waals surface area contributed by atoms with E-state index in [1.165, 1.54) is 26.0 Å². The van der Waals surface area contributed by atoms with Crippen LogP contribution in [0.2, 0.25) is 0 Å². The number of alkyl halides is 3. The topological polar surface area (TPSA) is 35.5 Å². The smallest absolute Gasteiger partial charge is 0.430 e. The molecule has 0 aromatic heterocycles. The first-order valence-electron chi connectivity index (χ1n) is 6.17. The molecule has 2 rings (SSSR count). The largest absolute Gasteiger partial charge is 0.475 e. The van der Waals surface area contributed by atoms with Crippen LogP contribution in [0.25, 0.3) is 6.08 Å². The quantitative estimate of drug-likeness (QED) is 0.620. The van der Waals surface area contributed by atoms with Gasteiger partial charge >= 0.3 is 12.1 Å². The predicted octanol–water partition coefficient (Wildman–Crippen LogP) is 3.40. The summed E-state index contributed by atoms with van der Waals surface area (Å²) in [7, 11) is 0. The molecule has 0 saturated carbocycles. The van der Waals surface area contributed by atoms with Crippen molar-refractivity contribution in [1.82, 2.24) is 0 Å². The summed E-state index contributed by atoms with van der Waals surface area (Å²) >= 11 is 0. The van der Waals surface area contributed by atoms with E-state index in [4.69, 9.17) is 4.74 Å². The average molecular weight is 304 g/mol. The lowest BCUT2D eigenvalue weighted by molar-refractivity contribution is -0.188. The Hall–Kier alpha value is -2.05. The zero-order valence-corrected chi connectivity index (χ0v) is 11.3. The SMILES string of the molecule is CCOC(=O)C1=Cc2c(ccc(C)c2F)OC1C(F)(F)F. The minimum atomic E-state index is -4.81. The second kappa shape index (κ2) is 5.38. The monoisotopic (exact) mass is 304 g/mol. The number of hydrogen-bond donors (Lipinski definition) is 0. The van der Waals surface area contributed by atoms with Crippen molar-refractivity contribution in [2.75, 3.05) is 6.61 Å². The van der Waals surface area contributed by atoms with Crippen LogP contribution in [0, 0.1) is 12.7 Å². The van der Waals surface area contributed by atoms with E-state index >= 15 is 0 Å². The molecular weight excluding hydrogens is 292 g/mol. The van der Waals surface area contributed by atoms with Gasteiger partial charge in [0.1, 0.15) is 11.6 Å². The number of ether oxygens (including phenoxy) is 2. The van der Waals surface area contributed by atoms with E-state index in [0.29, 0.717) is 0 Å². The summed E-state index contributed by atoms with van der Waals surface area (Å²) in [4.78, 5) is 11.7. The lowest BCUT2D eigenvalue weighted by atomic mass is 9.99. The number of halogens is 4. The van der Waals surface area contributed by atoms with E-state index in [2.05, 4.69) is 4.74 Å². The number of carbonyl (C=O) groups excluding carboxylic acids is 1. The molecule has 21 heavy (non-hydrogen) atoms. The van der Waals surface area contributed by atoms with E-state index < -0.39 is 29.6 Å². The van der Waals surface area contributed by atoms with Gasteiger partial charge in [-0.1, -0.05) is 6.07 Å². The van der Waals surface area contributed by atoms with Gasteiger partial charge in [0, 0.05) is 0 Å². The third-order valence-electron chi connectivity index (χ3n) is 2.97. The van der Waals surface area contributed by atoms with Gasteiger partial charge < -0.3 is 9.47 Å². The number of carbonyl (C=O) groups is 1. The molecule has 3 nitrogen and oxygen atoms in total. The molecule has 0 fully saturated rings. The highest BCUT2D eigenvalue weighted by Crippen LogP contribution is 2.39. The van der Waals surface area contributed by atoms with Gasteiger partial charge in [-0.25, -0.2) is 9.18 Å². The molecular formula is C14H12F4O3. The number of esters is 1. The van der Waals surface area contributed by atoms with Crippen molar-refractivity contribution >= 4 is 12.0 Å². The standard InChI is InChI=1S/C14H12F4O3/c1-3-20-13(19)9-6-8-10(5-4-7(2)11(8)15)21-12(9)14(16,17)18/h4-6,12H,3H2,1-2H3.